The maximum absolute atomic E-state index is 12.2. The highest BCUT2D eigenvalue weighted by Gasteiger charge is 2.25. The summed E-state index contributed by atoms with van der Waals surface area (Å²) in [6.07, 6.45) is 2.17. The second kappa shape index (κ2) is 10.9. The predicted octanol–water partition coefficient (Wildman–Crippen LogP) is 1.08. The summed E-state index contributed by atoms with van der Waals surface area (Å²) in [6.45, 7) is 6.59. The van der Waals surface area contributed by atoms with E-state index in [2.05, 4.69) is 43.1 Å². The zero-order valence-electron chi connectivity index (χ0n) is 19.1. The average Bonchev–Trinajstić information content (AvgIpc) is 2.79. The van der Waals surface area contributed by atoms with Gasteiger partial charge < -0.3 is 19.8 Å². The fraction of sp³-hybridized carbons (Fsp3) is 0.500. The maximum atomic E-state index is 12.2. The molecule has 1 aromatic carbocycles. The second-order valence-corrected chi connectivity index (χ2v) is 7.79. The molecule has 3 rings (SSSR count). The zero-order valence-corrected chi connectivity index (χ0v) is 19.1. The van der Waals surface area contributed by atoms with Gasteiger partial charge in [0.1, 0.15) is 24.2 Å². The lowest BCUT2D eigenvalue weighted by atomic mass is 10.1. The van der Waals surface area contributed by atoms with E-state index in [1.165, 1.54) is 17.9 Å². The van der Waals surface area contributed by atoms with Crippen LogP contribution in [0.1, 0.15) is 18.9 Å². The highest BCUT2D eigenvalue weighted by Crippen LogP contribution is 2.30. The van der Waals surface area contributed by atoms with Crippen LogP contribution < -0.4 is 26.2 Å². The van der Waals surface area contributed by atoms with Gasteiger partial charge in [0, 0.05) is 39.3 Å². The minimum atomic E-state index is -0.502. The quantitative estimate of drug-likeness (QED) is 0.339. The molecule has 0 bridgehead atoms. The van der Waals surface area contributed by atoms with Crippen molar-refractivity contribution >= 4 is 17.7 Å². The van der Waals surface area contributed by atoms with E-state index in [1.807, 2.05) is 18.2 Å². The Morgan fingerprint density at radius 1 is 1.25 bits per heavy atom. The summed E-state index contributed by atoms with van der Waals surface area (Å²) in [5.41, 5.74) is 0.406. The fourth-order valence-electron chi connectivity index (χ4n) is 4.05. The number of aromatic amines is 1. The van der Waals surface area contributed by atoms with Crippen molar-refractivity contribution in [3.8, 4) is 5.75 Å². The van der Waals surface area contributed by atoms with Gasteiger partial charge in [-0.1, -0.05) is 17.3 Å². The van der Waals surface area contributed by atoms with E-state index in [4.69, 9.17) is 4.74 Å². The maximum Gasteiger partial charge on any atom is 0.329 e. The van der Waals surface area contributed by atoms with Crippen LogP contribution in [0.2, 0.25) is 0 Å². The molecule has 10 heteroatoms. The molecule has 1 fully saturated rings. The molecule has 1 atom stereocenters. The Morgan fingerprint density at radius 3 is 2.75 bits per heavy atom. The smallest absolute Gasteiger partial charge is 0.329 e. The number of ether oxygens (including phenoxy) is 1. The lowest BCUT2D eigenvalue weighted by molar-refractivity contribution is 0.215. The summed E-state index contributed by atoms with van der Waals surface area (Å²) in [5, 5.41) is 6.88. The Labute approximate surface area is 187 Å². The first-order valence-corrected chi connectivity index (χ1v) is 10.7. The van der Waals surface area contributed by atoms with Crippen molar-refractivity contribution in [2.24, 2.45) is 12.2 Å². The Bertz CT molecular complexity index is 1050. The van der Waals surface area contributed by atoms with Gasteiger partial charge in [0.2, 0.25) is 0 Å². The number of H-pyrrole nitrogens is 1. The SMILES string of the molecule is CO/N=C/c1c(NCCCN2CCN(c3ccccc3OC)C(C)C2)n(C)c(=O)[nH]c1=O. The lowest BCUT2D eigenvalue weighted by Gasteiger charge is -2.41. The molecule has 1 unspecified atom stereocenters. The molecule has 0 saturated carbocycles. The number of rotatable bonds is 9. The van der Waals surface area contributed by atoms with Crippen molar-refractivity contribution in [2.75, 3.05) is 57.2 Å². The third-order valence-electron chi connectivity index (χ3n) is 5.70. The van der Waals surface area contributed by atoms with Crippen molar-refractivity contribution < 1.29 is 9.57 Å². The summed E-state index contributed by atoms with van der Waals surface area (Å²) < 4.78 is 6.89. The number of nitrogens with one attached hydrogen (secondary N) is 2. The number of piperazine rings is 1. The molecule has 0 spiro atoms. The molecule has 1 aliphatic rings. The standard InChI is InChI=1S/C22H32N6O4/c1-16-15-27(12-13-28(16)18-8-5-6-9-19(18)31-3)11-7-10-23-20-17(14-24-32-4)21(29)25-22(30)26(20)2/h5-6,8-9,14,16,23H,7,10-13,15H2,1-4H3,(H,25,29,30)/b24-14+. The Balaban J connectivity index is 1.56. The number of methoxy groups -OCH3 is 1. The first kappa shape index (κ1) is 23.4. The molecule has 2 aromatic rings. The van der Waals surface area contributed by atoms with Crippen LogP contribution in [0.5, 0.6) is 5.75 Å². The largest absolute Gasteiger partial charge is 0.495 e. The van der Waals surface area contributed by atoms with E-state index in [1.54, 1.807) is 14.2 Å². The first-order valence-electron chi connectivity index (χ1n) is 10.7. The van der Waals surface area contributed by atoms with E-state index in [-0.39, 0.29) is 5.56 Å². The second-order valence-electron chi connectivity index (χ2n) is 7.79. The Morgan fingerprint density at radius 2 is 2.03 bits per heavy atom. The van der Waals surface area contributed by atoms with Gasteiger partial charge in [-0.15, -0.1) is 0 Å². The van der Waals surface area contributed by atoms with Crippen LogP contribution in [-0.4, -0.2) is 73.7 Å². The highest BCUT2D eigenvalue weighted by atomic mass is 16.6. The fourth-order valence-corrected chi connectivity index (χ4v) is 4.05. The molecule has 1 aliphatic heterocycles. The minimum Gasteiger partial charge on any atom is -0.495 e. The van der Waals surface area contributed by atoms with Gasteiger partial charge in [-0.25, -0.2) is 4.79 Å². The van der Waals surface area contributed by atoms with E-state index in [0.717, 1.165) is 44.0 Å². The van der Waals surface area contributed by atoms with Gasteiger partial charge >= 0.3 is 5.69 Å². The van der Waals surface area contributed by atoms with Crippen LogP contribution in [0.4, 0.5) is 11.5 Å². The Hall–Kier alpha value is -3.27. The molecule has 174 valence electrons. The van der Waals surface area contributed by atoms with Crippen LogP contribution >= 0.6 is 0 Å². The monoisotopic (exact) mass is 444 g/mol. The normalized spacial score (nSPS) is 17.0. The average molecular weight is 445 g/mol. The zero-order chi connectivity index (χ0) is 23.1. The van der Waals surface area contributed by atoms with Gasteiger partial charge in [-0.05, 0) is 32.0 Å². The third-order valence-corrected chi connectivity index (χ3v) is 5.70. The molecule has 32 heavy (non-hydrogen) atoms. The molecular weight excluding hydrogens is 412 g/mol. The van der Waals surface area contributed by atoms with Gasteiger partial charge in [0.05, 0.1) is 19.0 Å². The van der Waals surface area contributed by atoms with Crippen LogP contribution in [0, 0.1) is 0 Å². The van der Waals surface area contributed by atoms with Crippen molar-refractivity contribution in [3.63, 3.8) is 0 Å². The van der Waals surface area contributed by atoms with Crippen LogP contribution in [0.3, 0.4) is 0 Å². The van der Waals surface area contributed by atoms with Crippen molar-refractivity contribution in [1.29, 1.82) is 0 Å². The topological polar surface area (TPSA) is 104 Å². The summed E-state index contributed by atoms with van der Waals surface area (Å²) in [5.74, 6) is 1.32. The van der Waals surface area contributed by atoms with Crippen LogP contribution in [-0.2, 0) is 11.9 Å². The number of aromatic nitrogens is 2. The van der Waals surface area contributed by atoms with Gasteiger partial charge in [0.25, 0.3) is 5.56 Å². The molecule has 0 aliphatic carbocycles. The van der Waals surface area contributed by atoms with E-state index in [0.29, 0.717) is 18.4 Å². The molecule has 0 amide bonds. The van der Waals surface area contributed by atoms with Crippen molar-refractivity contribution in [3.05, 3.63) is 50.7 Å². The van der Waals surface area contributed by atoms with Gasteiger partial charge in [-0.2, -0.15) is 0 Å². The van der Waals surface area contributed by atoms with E-state index < -0.39 is 11.2 Å². The number of hydrogen-bond acceptors (Lipinski definition) is 8. The van der Waals surface area contributed by atoms with Crippen LogP contribution in [0.15, 0.2) is 39.0 Å². The molecule has 1 saturated heterocycles. The number of para-hydroxylation sites is 2. The van der Waals surface area contributed by atoms with E-state index in [9.17, 15) is 9.59 Å². The minimum absolute atomic E-state index is 0.257. The number of hydrogen-bond donors (Lipinski definition) is 2. The Kier molecular flexibility index (Phi) is 7.93. The summed E-state index contributed by atoms with van der Waals surface area (Å²) in [6, 6.07) is 8.48. The van der Waals surface area contributed by atoms with E-state index >= 15 is 0 Å². The molecule has 2 N–H and O–H groups in total. The highest BCUT2D eigenvalue weighted by molar-refractivity contribution is 5.85. The van der Waals surface area contributed by atoms with Crippen molar-refractivity contribution in [2.45, 2.75) is 19.4 Å². The summed E-state index contributed by atoms with van der Waals surface area (Å²) in [7, 11) is 4.70. The van der Waals surface area contributed by atoms with Crippen molar-refractivity contribution in [1.82, 2.24) is 14.5 Å². The summed E-state index contributed by atoms with van der Waals surface area (Å²) >= 11 is 0. The number of oxime groups is 1. The molecule has 2 heterocycles. The van der Waals surface area contributed by atoms with Gasteiger partial charge in [0.15, 0.2) is 0 Å². The number of nitrogens with zero attached hydrogens (tertiary/aromatic N) is 4. The molecule has 0 radical (unpaired) electrons. The predicted molar refractivity (Wildman–Crippen MR) is 126 cm³/mol. The first-order chi connectivity index (χ1) is 15.5. The summed E-state index contributed by atoms with van der Waals surface area (Å²) in [4.78, 5) is 35.9. The lowest BCUT2D eigenvalue weighted by Crippen LogP contribution is -2.52. The van der Waals surface area contributed by atoms with Crippen LogP contribution in [0.25, 0.3) is 0 Å². The molecular formula is C22H32N6O4. The third kappa shape index (κ3) is 5.31. The molecule has 10 nitrogen and oxygen atoms in total. The number of benzene rings is 1. The van der Waals surface area contributed by atoms with Gasteiger partial charge in [-0.3, -0.25) is 19.2 Å². The molecule has 1 aromatic heterocycles. The number of anilines is 2.